The predicted octanol–water partition coefficient (Wildman–Crippen LogP) is 3.15. The zero-order valence-corrected chi connectivity index (χ0v) is 15.3. The van der Waals surface area contributed by atoms with E-state index in [4.69, 9.17) is 16.1 Å². The smallest absolute Gasteiger partial charge is 0.236 e. The predicted molar refractivity (Wildman–Crippen MR) is 96.2 cm³/mol. The number of piperazine rings is 1. The van der Waals surface area contributed by atoms with Crippen LogP contribution in [0.5, 0.6) is 0 Å². The summed E-state index contributed by atoms with van der Waals surface area (Å²) in [6, 6.07) is 8.10. The molecule has 5 nitrogen and oxygen atoms in total. The van der Waals surface area contributed by atoms with Crippen LogP contribution < -0.4 is 5.32 Å². The van der Waals surface area contributed by atoms with Gasteiger partial charge in [-0.3, -0.25) is 4.90 Å². The van der Waals surface area contributed by atoms with E-state index in [1.807, 2.05) is 24.3 Å². The lowest BCUT2D eigenvalue weighted by atomic mass is 10.2. The van der Waals surface area contributed by atoms with Gasteiger partial charge in [-0.25, -0.2) is 0 Å². The SMILES string of the molecule is CN1CCNCC1c1noc(CSCc2ccc(Cl)cc2)n1.Cl. The Morgan fingerprint density at radius 1 is 1.35 bits per heavy atom. The van der Waals surface area contributed by atoms with Crippen molar-refractivity contribution < 1.29 is 4.52 Å². The molecule has 0 aliphatic carbocycles. The van der Waals surface area contributed by atoms with Crippen molar-refractivity contribution >= 4 is 35.8 Å². The molecule has 1 aromatic heterocycles. The highest BCUT2D eigenvalue weighted by atomic mass is 35.5. The number of benzene rings is 1. The molecule has 8 heteroatoms. The lowest BCUT2D eigenvalue weighted by Crippen LogP contribution is -2.44. The standard InChI is InChI=1S/C15H19ClN4OS.ClH/c1-20-7-6-17-8-13(20)15-18-14(21-19-15)10-22-9-11-2-4-12(16)5-3-11;/h2-5,13,17H,6-10H2,1H3;1H. The Balaban J connectivity index is 0.00000192. The average molecular weight is 375 g/mol. The van der Waals surface area contributed by atoms with Crippen molar-refractivity contribution in [2.75, 3.05) is 26.7 Å². The van der Waals surface area contributed by atoms with Crippen LogP contribution in [0.3, 0.4) is 0 Å². The number of rotatable bonds is 5. The van der Waals surface area contributed by atoms with Gasteiger partial charge in [0.25, 0.3) is 0 Å². The normalized spacial score (nSPS) is 18.6. The second-order valence-electron chi connectivity index (χ2n) is 5.37. The minimum atomic E-state index is 0. The van der Waals surface area contributed by atoms with Crippen LogP contribution in [0.15, 0.2) is 28.8 Å². The monoisotopic (exact) mass is 374 g/mol. The van der Waals surface area contributed by atoms with Crippen LogP contribution in [-0.4, -0.2) is 41.7 Å². The van der Waals surface area contributed by atoms with Gasteiger partial charge in [0.1, 0.15) is 0 Å². The van der Waals surface area contributed by atoms with Gasteiger partial charge in [-0.2, -0.15) is 4.98 Å². The molecule has 2 heterocycles. The molecule has 1 aromatic carbocycles. The van der Waals surface area contributed by atoms with E-state index in [-0.39, 0.29) is 18.4 Å². The first-order valence-electron chi connectivity index (χ1n) is 7.28. The third kappa shape index (κ3) is 5.09. The number of likely N-dealkylation sites (N-methyl/N-ethyl adjacent to an activating group) is 1. The maximum Gasteiger partial charge on any atom is 0.236 e. The number of aromatic nitrogens is 2. The first-order valence-corrected chi connectivity index (χ1v) is 8.81. The molecule has 1 atom stereocenters. The molecule has 0 bridgehead atoms. The summed E-state index contributed by atoms with van der Waals surface area (Å²) in [6.07, 6.45) is 0. The van der Waals surface area contributed by atoms with E-state index in [0.29, 0.717) is 5.89 Å². The maximum atomic E-state index is 5.88. The summed E-state index contributed by atoms with van der Waals surface area (Å²) < 4.78 is 5.37. The number of halogens is 2. The zero-order chi connectivity index (χ0) is 15.4. The Morgan fingerprint density at radius 3 is 2.87 bits per heavy atom. The molecule has 1 aliphatic heterocycles. The molecule has 3 rings (SSSR count). The van der Waals surface area contributed by atoms with Crippen LogP contribution in [-0.2, 0) is 11.5 Å². The number of nitrogens with one attached hydrogen (secondary N) is 1. The Labute approximate surface area is 151 Å². The molecule has 0 saturated carbocycles. The van der Waals surface area contributed by atoms with E-state index in [1.165, 1.54) is 5.56 Å². The lowest BCUT2D eigenvalue weighted by Gasteiger charge is -2.30. The fourth-order valence-corrected chi connectivity index (χ4v) is 3.34. The number of thioether (sulfide) groups is 1. The number of hydrogen-bond acceptors (Lipinski definition) is 6. The van der Waals surface area contributed by atoms with Gasteiger partial charge in [0.2, 0.25) is 5.89 Å². The second kappa shape index (κ2) is 8.89. The van der Waals surface area contributed by atoms with Crippen LogP contribution in [0.2, 0.25) is 5.02 Å². The summed E-state index contributed by atoms with van der Waals surface area (Å²) in [5, 5.41) is 8.26. The minimum absolute atomic E-state index is 0. The first kappa shape index (κ1) is 18.5. The molecule has 0 amide bonds. The van der Waals surface area contributed by atoms with Crippen LogP contribution >= 0.6 is 35.8 Å². The molecule has 1 N–H and O–H groups in total. The molecular weight excluding hydrogens is 355 g/mol. The van der Waals surface area contributed by atoms with Gasteiger partial charge in [-0.05, 0) is 24.7 Å². The largest absolute Gasteiger partial charge is 0.338 e. The Morgan fingerprint density at radius 2 is 2.13 bits per heavy atom. The first-order chi connectivity index (χ1) is 10.7. The summed E-state index contributed by atoms with van der Waals surface area (Å²) in [5.41, 5.74) is 1.24. The van der Waals surface area contributed by atoms with Gasteiger partial charge in [-0.15, -0.1) is 24.2 Å². The van der Waals surface area contributed by atoms with Gasteiger partial charge >= 0.3 is 0 Å². The van der Waals surface area contributed by atoms with Crippen LogP contribution in [0.25, 0.3) is 0 Å². The highest BCUT2D eigenvalue weighted by Gasteiger charge is 2.25. The molecule has 1 aliphatic rings. The Kier molecular flexibility index (Phi) is 7.17. The highest BCUT2D eigenvalue weighted by Crippen LogP contribution is 2.21. The second-order valence-corrected chi connectivity index (χ2v) is 6.79. The summed E-state index contributed by atoms with van der Waals surface area (Å²) in [4.78, 5) is 6.78. The highest BCUT2D eigenvalue weighted by molar-refractivity contribution is 7.97. The molecule has 1 fully saturated rings. The third-order valence-electron chi connectivity index (χ3n) is 3.70. The molecule has 1 saturated heterocycles. The zero-order valence-electron chi connectivity index (χ0n) is 12.9. The van der Waals surface area contributed by atoms with Crippen molar-refractivity contribution in [2.45, 2.75) is 17.5 Å². The quantitative estimate of drug-likeness (QED) is 0.867. The third-order valence-corrected chi connectivity index (χ3v) is 4.94. The van der Waals surface area contributed by atoms with Crippen molar-refractivity contribution in [3.8, 4) is 0 Å². The Hall–Kier alpha value is -0.790. The van der Waals surface area contributed by atoms with E-state index in [0.717, 1.165) is 42.0 Å². The Bertz CT molecular complexity index is 608. The van der Waals surface area contributed by atoms with E-state index >= 15 is 0 Å². The molecule has 1 unspecified atom stereocenters. The summed E-state index contributed by atoms with van der Waals surface area (Å²) in [7, 11) is 2.09. The fourth-order valence-electron chi connectivity index (χ4n) is 2.39. The molecule has 0 spiro atoms. The van der Waals surface area contributed by atoms with Crippen molar-refractivity contribution in [1.29, 1.82) is 0 Å². The van der Waals surface area contributed by atoms with Crippen LogP contribution in [0.4, 0.5) is 0 Å². The molecule has 23 heavy (non-hydrogen) atoms. The molecule has 126 valence electrons. The van der Waals surface area contributed by atoms with Crippen LogP contribution in [0.1, 0.15) is 23.3 Å². The minimum Gasteiger partial charge on any atom is -0.338 e. The number of nitrogens with zero attached hydrogens (tertiary/aromatic N) is 3. The van der Waals surface area contributed by atoms with E-state index < -0.39 is 0 Å². The van der Waals surface area contributed by atoms with Gasteiger partial charge in [0.05, 0.1) is 11.8 Å². The van der Waals surface area contributed by atoms with Crippen molar-refractivity contribution in [3.63, 3.8) is 0 Å². The van der Waals surface area contributed by atoms with Crippen LogP contribution in [0, 0.1) is 0 Å². The summed E-state index contributed by atoms with van der Waals surface area (Å²) in [6.45, 7) is 2.88. The van der Waals surface area contributed by atoms with Gasteiger partial charge in [-0.1, -0.05) is 28.9 Å². The van der Waals surface area contributed by atoms with Crippen molar-refractivity contribution in [1.82, 2.24) is 20.4 Å². The molecule has 2 aromatic rings. The maximum absolute atomic E-state index is 5.88. The van der Waals surface area contributed by atoms with E-state index in [2.05, 4.69) is 27.4 Å². The fraction of sp³-hybridized carbons (Fsp3) is 0.467. The average Bonchev–Trinajstić information content (AvgIpc) is 2.98. The van der Waals surface area contributed by atoms with Gasteiger partial charge < -0.3 is 9.84 Å². The van der Waals surface area contributed by atoms with Crippen molar-refractivity contribution in [3.05, 3.63) is 46.6 Å². The molecular formula is C15H20Cl2N4OS. The van der Waals surface area contributed by atoms with Gasteiger partial charge in [0.15, 0.2) is 5.82 Å². The summed E-state index contributed by atoms with van der Waals surface area (Å²) in [5.74, 6) is 3.09. The van der Waals surface area contributed by atoms with E-state index in [9.17, 15) is 0 Å². The topological polar surface area (TPSA) is 54.2 Å². The molecule has 0 radical (unpaired) electrons. The van der Waals surface area contributed by atoms with Crippen molar-refractivity contribution in [2.24, 2.45) is 0 Å². The van der Waals surface area contributed by atoms with E-state index in [1.54, 1.807) is 11.8 Å². The van der Waals surface area contributed by atoms with Gasteiger partial charge in [0, 0.05) is 30.4 Å². The lowest BCUT2D eigenvalue weighted by molar-refractivity contribution is 0.190. The number of hydrogen-bond donors (Lipinski definition) is 1. The summed E-state index contributed by atoms with van der Waals surface area (Å²) >= 11 is 7.64.